The van der Waals surface area contributed by atoms with E-state index < -0.39 is 0 Å². The predicted molar refractivity (Wildman–Crippen MR) is 129 cm³/mol. The van der Waals surface area contributed by atoms with Gasteiger partial charge in [-0.3, -0.25) is 9.59 Å². The van der Waals surface area contributed by atoms with Gasteiger partial charge in [-0.1, -0.05) is 42.6 Å². The Kier molecular flexibility index (Phi) is 6.51. The van der Waals surface area contributed by atoms with Crippen LogP contribution in [0.5, 0.6) is 11.5 Å². The van der Waals surface area contributed by atoms with E-state index in [0.29, 0.717) is 33.2 Å². The van der Waals surface area contributed by atoms with Gasteiger partial charge in [-0.25, -0.2) is 0 Å². The average Bonchev–Trinajstić information content (AvgIpc) is 3.30. The fourth-order valence-electron chi connectivity index (χ4n) is 4.53. The summed E-state index contributed by atoms with van der Waals surface area (Å²) >= 11 is 7.65. The lowest BCUT2D eigenvalue weighted by Crippen LogP contribution is -2.54. The van der Waals surface area contributed by atoms with Gasteiger partial charge >= 0.3 is 0 Å². The zero-order chi connectivity index (χ0) is 22.8. The molecular formula is C25H25ClN2O4S. The first kappa shape index (κ1) is 22.2. The summed E-state index contributed by atoms with van der Waals surface area (Å²) in [5.41, 5.74) is 1.85. The summed E-state index contributed by atoms with van der Waals surface area (Å²) in [5.74, 6) is 1.16. The van der Waals surface area contributed by atoms with Crippen molar-refractivity contribution in [1.29, 1.82) is 0 Å². The smallest absolute Gasteiger partial charge is 0.261 e. The Balaban J connectivity index is 1.28. The van der Waals surface area contributed by atoms with Crippen molar-refractivity contribution in [2.24, 2.45) is 0 Å². The van der Waals surface area contributed by atoms with Crippen molar-refractivity contribution in [3.63, 3.8) is 0 Å². The molecule has 5 rings (SSSR count). The Morgan fingerprint density at radius 1 is 1.12 bits per heavy atom. The van der Waals surface area contributed by atoms with Gasteiger partial charge in [0.25, 0.3) is 5.91 Å². The molecule has 0 spiro atoms. The first-order valence-electron chi connectivity index (χ1n) is 11.2. The van der Waals surface area contributed by atoms with E-state index in [9.17, 15) is 9.59 Å². The Bertz CT molecular complexity index is 1090. The van der Waals surface area contributed by atoms with E-state index >= 15 is 0 Å². The van der Waals surface area contributed by atoms with Crippen LogP contribution >= 0.6 is 23.4 Å². The van der Waals surface area contributed by atoms with E-state index in [4.69, 9.17) is 21.1 Å². The molecule has 2 atom stereocenters. The molecule has 1 saturated heterocycles. The number of hydrogen-bond donors (Lipinski definition) is 1. The zero-order valence-corrected chi connectivity index (χ0v) is 19.7. The van der Waals surface area contributed by atoms with Crippen LogP contribution in [0.3, 0.4) is 0 Å². The molecule has 172 valence electrons. The molecule has 1 N–H and O–H groups in total. The van der Waals surface area contributed by atoms with Crippen LogP contribution in [0.15, 0.2) is 47.4 Å². The summed E-state index contributed by atoms with van der Waals surface area (Å²) in [4.78, 5) is 28.7. The van der Waals surface area contributed by atoms with Gasteiger partial charge in [-0.2, -0.15) is 0 Å². The number of carbonyl (C=O) groups excluding carboxylic acids is 2. The number of nitrogens with zero attached hydrogens (tertiary/aromatic N) is 1. The highest BCUT2D eigenvalue weighted by Gasteiger charge is 2.41. The molecule has 0 aromatic heterocycles. The van der Waals surface area contributed by atoms with Gasteiger partial charge in [0.2, 0.25) is 12.7 Å². The van der Waals surface area contributed by atoms with Crippen LogP contribution in [0, 0.1) is 0 Å². The highest BCUT2D eigenvalue weighted by atomic mass is 35.5. The highest BCUT2D eigenvalue weighted by molar-refractivity contribution is 8.04. The number of benzene rings is 2. The van der Waals surface area contributed by atoms with Gasteiger partial charge in [0, 0.05) is 22.9 Å². The van der Waals surface area contributed by atoms with Crippen LogP contribution in [-0.2, 0) is 16.1 Å². The number of fused-ring (bicyclic) bond motifs is 2. The van der Waals surface area contributed by atoms with Crippen molar-refractivity contribution in [3.05, 3.63) is 63.5 Å². The monoisotopic (exact) mass is 484 g/mol. The van der Waals surface area contributed by atoms with Gasteiger partial charge < -0.3 is 19.7 Å². The Morgan fingerprint density at radius 2 is 1.91 bits per heavy atom. The quantitative estimate of drug-likeness (QED) is 0.627. The average molecular weight is 485 g/mol. The maximum atomic E-state index is 13.4. The van der Waals surface area contributed by atoms with Gasteiger partial charge in [0.1, 0.15) is 6.54 Å². The minimum absolute atomic E-state index is 0.0586. The van der Waals surface area contributed by atoms with Crippen molar-refractivity contribution in [2.75, 3.05) is 13.3 Å². The molecule has 6 nitrogen and oxygen atoms in total. The molecule has 2 aliphatic heterocycles. The number of carbonyl (C=O) groups is 2. The molecule has 2 heterocycles. The van der Waals surface area contributed by atoms with Crippen LogP contribution < -0.4 is 14.8 Å². The first-order valence-corrected chi connectivity index (χ1v) is 12.4. The molecule has 2 amide bonds. The molecule has 2 aromatic carbocycles. The normalized spacial score (nSPS) is 22.9. The lowest BCUT2D eigenvalue weighted by atomic mass is 9.93. The Hall–Kier alpha value is -2.64. The molecule has 1 saturated carbocycles. The summed E-state index contributed by atoms with van der Waals surface area (Å²) < 4.78 is 10.7. The third-order valence-corrected chi connectivity index (χ3v) is 7.88. The van der Waals surface area contributed by atoms with Crippen molar-refractivity contribution in [2.45, 2.75) is 43.5 Å². The number of nitrogens with one attached hydrogen (secondary N) is 1. The summed E-state index contributed by atoms with van der Waals surface area (Å²) in [7, 11) is 0. The van der Waals surface area contributed by atoms with E-state index in [1.165, 1.54) is 0 Å². The van der Waals surface area contributed by atoms with E-state index in [1.54, 1.807) is 16.7 Å². The molecule has 2 fully saturated rings. The van der Waals surface area contributed by atoms with Gasteiger partial charge in [-0.05, 0) is 54.3 Å². The third-order valence-electron chi connectivity index (χ3n) is 6.23. The molecular weight excluding hydrogens is 460 g/mol. The molecule has 1 aliphatic carbocycles. The summed E-state index contributed by atoms with van der Waals surface area (Å²) in [6.45, 7) is 0.644. The molecule has 2 unspecified atom stereocenters. The number of rotatable bonds is 5. The molecule has 3 aliphatic rings. The second-order valence-corrected chi connectivity index (χ2v) is 10.2. The predicted octanol–water partition coefficient (Wildman–Crippen LogP) is 4.61. The van der Waals surface area contributed by atoms with Crippen molar-refractivity contribution in [1.82, 2.24) is 10.2 Å². The fourth-order valence-corrected chi connectivity index (χ4v) is 6.13. The number of halogens is 1. The summed E-state index contributed by atoms with van der Waals surface area (Å²) in [6, 6.07) is 13.1. The molecule has 0 bridgehead atoms. The Morgan fingerprint density at radius 3 is 2.76 bits per heavy atom. The molecule has 2 aromatic rings. The van der Waals surface area contributed by atoms with Crippen molar-refractivity contribution < 1.29 is 19.1 Å². The fraction of sp³-hybridized carbons (Fsp3) is 0.360. The van der Waals surface area contributed by atoms with E-state index in [1.807, 2.05) is 48.5 Å². The van der Waals surface area contributed by atoms with Crippen LogP contribution in [0.4, 0.5) is 0 Å². The first-order chi connectivity index (χ1) is 16.1. The maximum absolute atomic E-state index is 13.4. The zero-order valence-electron chi connectivity index (χ0n) is 18.1. The molecule has 0 radical (unpaired) electrons. The van der Waals surface area contributed by atoms with Crippen LogP contribution in [-0.4, -0.2) is 41.3 Å². The summed E-state index contributed by atoms with van der Waals surface area (Å²) in [6.07, 6.45) is 6.13. The van der Waals surface area contributed by atoms with Crippen molar-refractivity contribution >= 4 is 41.3 Å². The van der Waals surface area contributed by atoms with Crippen LogP contribution in [0.2, 0.25) is 5.02 Å². The van der Waals surface area contributed by atoms with Crippen LogP contribution in [0.1, 0.15) is 36.8 Å². The van der Waals surface area contributed by atoms with Gasteiger partial charge in [0.05, 0.1) is 4.91 Å². The number of thioether (sulfide) groups is 1. The second-order valence-electron chi connectivity index (χ2n) is 8.47. The molecule has 8 heteroatoms. The van der Waals surface area contributed by atoms with E-state index in [-0.39, 0.29) is 31.2 Å². The highest BCUT2D eigenvalue weighted by Crippen LogP contribution is 2.42. The largest absolute Gasteiger partial charge is 0.454 e. The minimum atomic E-state index is -0.164. The van der Waals surface area contributed by atoms with Crippen molar-refractivity contribution in [3.8, 4) is 11.5 Å². The number of ether oxygens (including phenoxy) is 2. The Labute approximate surface area is 202 Å². The van der Waals surface area contributed by atoms with Crippen LogP contribution in [0.25, 0.3) is 6.08 Å². The lowest BCUT2D eigenvalue weighted by molar-refractivity contribution is -0.135. The summed E-state index contributed by atoms with van der Waals surface area (Å²) in [5, 5.41) is 3.93. The molecule has 33 heavy (non-hydrogen) atoms. The maximum Gasteiger partial charge on any atom is 0.261 e. The lowest BCUT2D eigenvalue weighted by Gasteiger charge is -2.43. The van der Waals surface area contributed by atoms with Gasteiger partial charge in [-0.15, -0.1) is 11.8 Å². The van der Waals surface area contributed by atoms with E-state index in [2.05, 4.69) is 5.32 Å². The SMILES string of the molecule is O=C(CN1C(=O)/C(=C\c2ccc(Cl)cc2)SC2CCCCC21)NCc1ccc2c(c1)OCO2. The van der Waals surface area contributed by atoms with E-state index in [0.717, 1.165) is 36.8 Å². The second kappa shape index (κ2) is 9.69. The third kappa shape index (κ3) is 4.99. The van der Waals surface area contributed by atoms with Gasteiger partial charge in [0.15, 0.2) is 11.5 Å². The minimum Gasteiger partial charge on any atom is -0.454 e. The topological polar surface area (TPSA) is 67.9 Å². The number of hydrogen-bond acceptors (Lipinski definition) is 5. The number of amides is 2. The standard InChI is InChI=1S/C25H25ClN2O4S/c26-18-8-5-16(6-9-18)12-23-25(30)28(19-3-1-2-4-22(19)33-23)14-24(29)27-13-17-7-10-20-21(11-17)32-15-31-20/h5-12,19,22H,1-4,13-15H2,(H,27,29)/b23-12+.